The Hall–Kier alpha value is -1.62. The monoisotopic (exact) mass is 262 g/mol. The molecule has 0 atom stereocenters. The maximum Gasteiger partial charge on any atom is 0.259 e. The van der Waals surface area contributed by atoms with Gasteiger partial charge in [-0.25, -0.2) is 0 Å². The number of carbonyl (C=O) groups excluding carboxylic acids is 1. The number of nitrogens with one attached hydrogen (secondary N) is 2. The number of fused-ring (bicyclic) bond motifs is 1. The molecule has 2 N–H and O–H groups in total. The molecule has 2 heterocycles. The summed E-state index contributed by atoms with van der Waals surface area (Å²) >= 11 is 1.52. The van der Waals surface area contributed by atoms with Crippen molar-refractivity contribution in [2.45, 2.75) is 17.7 Å². The van der Waals surface area contributed by atoms with Crippen molar-refractivity contribution in [3.8, 4) is 5.75 Å². The van der Waals surface area contributed by atoms with Gasteiger partial charge in [-0.05, 0) is 31.0 Å². The first-order valence-electron chi connectivity index (χ1n) is 5.92. The molecule has 3 rings (SSSR count). The molecule has 2 aliphatic heterocycles. The van der Waals surface area contributed by atoms with Crippen LogP contribution < -0.4 is 15.4 Å². The van der Waals surface area contributed by atoms with E-state index in [0.29, 0.717) is 0 Å². The van der Waals surface area contributed by atoms with Crippen LogP contribution in [-0.4, -0.2) is 19.6 Å². The minimum absolute atomic E-state index is 0.0217. The summed E-state index contributed by atoms with van der Waals surface area (Å²) in [6, 6.07) is 5.87. The van der Waals surface area contributed by atoms with Crippen LogP contribution in [0.3, 0.4) is 0 Å². The zero-order chi connectivity index (χ0) is 12.5. The molecule has 2 aliphatic rings. The second-order valence-corrected chi connectivity index (χ2v) is 5.31. The van der Waals surface area contributed by atoms with Gasteiger partial charge in [-0.15, -0.1) is 0 Å². The largest absolute Gasteiger partial charge is 0.497 e. The lowest BCUT2D eigenvalue weighted by Crippen LogP contribution is -2.24. The smallest absolute Gasteiger partial charge is 0.259 e. The molecule has 0 spiro atoms. The van der Waals surface area contributed by atoms with Gasteiger partial charge in [-0.3, -0.25) is 4.79 Å². The number of hydrogen-bond acceptors (Lipinski definition) is 4. The van der Waals surface area contributed by atoms with Gasteiger partial charge in [0, 0.05) is 17.1 Å². The number of amides is 1. The first-order valence-corrected chi connectivity index (χ1v) is 6.74. The van der Waals surface area contributed by atoms with Gasteiger partial charge in [0.05, 0.1) is 17.7 Å². The highest BCUT2D eigenvalue weighted by Crippen LogP contribution is 2.42. The molecule has 94 valence electrons. The summed E-state index contributed by atoms with van der Waals surface area (Å²) in [6.07, 6.45) is 1.89. The Bertz CT molecular complexity index is 540. The van der Waals surface area contributed by atoms with Crippen molar-refractivity contribution in [2.24, 2.45) is 0 Å². The topological polar surface area (TPSA) is 50.4 Å². The van der Waals surface area contributed by atoms with Crippen molar-refractivity contribution >= 4 is 23.4 Å². The van der Waals surface area contributed by atoms with Crippen molar-refractivity contribution in [1.82, 2.24) is 5.32 Å². The van der Waals surface area contributed by atoms with Crippen LogP contribution in [0.4, 0.5) is 5.69 Å². The molecule has 0 unspecified atom stereocenters. The van der Waals surface area contributed by atoms with E-state index in [4.69, 9.17) is 4.74 Å². The number of benzene rings is 1. The van der Waals surface area contributed by atoms with Crippen LogP contribution in [0.15, 0.2) is 33.7 Å². The van der Waals surface area contributed by atoms with Crippen LogP contribution >= 0.6 is 11.8 Å². The highest BCUT2D eigenvalue weighted by atomic mass is 32.2. The summed E-state index contributed by atoms with van der Waals surface area (Å²) < 4.78 is 5.21. The standard InChI is InChI=1S/C13H14N2O2S/c1-17-8-4-5-9-11(7-8)18-12-10(15-9)3-2-6-14-13(12)16/h4-5,7,15H,2-3,6H2,1H3,(H,14,16). The van der Waals surface area contributed by atoms with Crippen molar-refractivity contribution in [3.05, 3.63) is 28.8 Å². The number of carbonyl (C=O) groups is 1. The maximum atomic E-state index is 12.0. The molecule has 0 fully saturated rings. The van der Waals surface area contributed by atoms with Crippen LogP contribution in [-0.2, 0) is 4.79 Å². The number of allylic oxidation sites excluding steroid dienone is 1. The van der Waals surface area contributed by atoms with Gasteiger partial charge in [0.1, 0.15) is 5.75 Å². The summed E-state index contributed by atoms with van der Waals surface area (Å²) in [4.78, 5) is 13.8. The quantitative estimate of drug-likeness (QED) is 0.815. The molecule has 0 saturated heterocycles. The van der Waals surface area contributed by atoms with Crippen molar-refractivity contribution in [1.29, 1.82) is 0 Å². The molecule has 18 heavy (non-hydrogen) atoms. The number of rotatable bonds is 1. The van der Waals surface area contributed by atoms with Crippen LogP contribution in [0.2, 0.25) is 0 Å². The average molecular weight is 262 g/mol. The second-order valence-electron chi connectivity index (χ2n) is 4.26. The van der Waals surface area contributed by atoms with Gasteiger partial charge in [-0.2, -0.15) is 0 Å². The molecule has 0 radical (unpaired) electrons. The Labute approximate surface area is 110 Å². The minimum Gasteiger partial charge on any atom is -0.497 e. The first kappa shape index (κ1) is 11.5. The van der Waals surface area contributed by atoms with Crippen molar-refractivity contribution in [2.75, 3.05) is 19.0 Å². The molecule has 0 saturated carbocycles. The highest BCUT2D eigenvalue weighted by molar-refractivity contribution is 8.04. The van der Waals surface area contributed by atoms with Crippen LogP contribution in [0.25, 0.3) is 0 Å². The summed E-state index contributed by atoms with van der Waals surface area (Å²) in [5.41, 5.74) is 2.09. The summed E-state index contributed by atoms with van der Waals surface area (Å²) in [5.74, 6) is 0.828. The molecule has 4 nitrogen and oxygen atoms in total. The summed E-state index contributed by atoms with van der Waals surface area (Å²) in [5, 5.41) is 6.28. The zero-order valence-electron chi connectivity index (χ0n) is 10.1. The van der Waals surface area contributed by atoms with Crippen LogP contribution in [0.1, 0.15) is 12.8 Å². The number of anilines is 1. The van der Waals surface area contributed by atoms with E-state index in [-0.39, 0.29) is 5.91 Å². The number of methoxy groups -OCH3 is 1. The molecule has 0 bridgehead atoms. The number of ether oxygens (including phenoxy) is 1. The lowest BCUT2D eigenvalue weighted by Gasteiger charge is -2.22. The number of hydrogen-bond donors (Lipinski definition) is 2. The van der Waals surface area contributed by atoms with Crippen molar-refractivity contribution < 1.29 is 9.53 Å². The molecule has 5 heteroatoms. The Balaban J connectivity index is 1.98. The van der Waals surface area contributed by atoms with Gasteiger partial charge >= 0.3 is 0 Å². The molecule has 1 aromatic carbocycles. The lowest BCUT2D eigenvalue weighted by molar-refractivity contribution is -0.116. The zero-order valence-corrected chi connectivity index (χ0v) is 10.9. The van der Waals surface area contributed by atoms with E-state index in [1.807, 2.05) is 18.2 Å². The third-order valence-corrected chi connectivity index (χ3v) is 4.25. The van der Waals surface area contributed by atoms with E-state index in [9.17, 15) is 4.79 Å². The minimum atomic E-state index is 0.0217. The normalized spacial score (nSPS) is 18.2. The Morgan fingerprint density at radius 3 is 3.11 bits per heavy atom. The van der Waals surface area contributed by atoms with Crippen LogP contribution in [0.5, 0.6) is 5.75 Å². The molecular formula is C13H14N2O2S. The van der Waals surface area contributed by atoms with E-state index in [2.05, 4.69) is 10.6 Å². The van der Waals surface area contributed by atoms with Gasteiger partial charge in [0.25, 0.3) is 5.91 Å². The lowest BCUT2D eigenvalue weighted by atomic mass is 10.2. The van der Waals surface area contributed by atoms with Gasteiger partial charge in [0.15, 0.2) is 0 Å². The predicted octanol–water partition coefficient (Wildman–Crippen LogP) is 2.33. The average Bonchev–Trinajstić information content (AvgIpc) is 2.58. The fraction of sp³-hybridized carbons (Fsp3) is 0.308. The summed E-state index contributed by atoms with van der Waals surface area (Å²) in [7, 11) is 1.64. The van der Waals surface area contributed by atoms with Gasteiger partial charge < -0.3 is 15.4 Å². The Morgan fingerprint density at radius 1 is 1.39 bits per heavy atom. The van der Waals surface area contributed by atoms with E-state index >= 15 is 0 Å². The molecule has 1 amide bonds. The third kappa shape index (κ3) is 1.95. The molecular weight excluding hydrogens is 248 g/mol. The highest BCUT2D eigenvalue weighted by Gasteiger charge is 2.25. The fourth-order valence-corrected chi connectivity index (χ4v) is 3.18. The van der Waals surface area contributed by atoms with E-state index in [1.165, 1.54) is 11.8 Å². The molecule has 0 aromatic heterocycles. The maximum absolute atomic E-state index is 12.0. The first-order chi connectivity index (χ1) is 8.78. The van der Waals surface area contributed by atoms with Gasteiger partial charge in [-0.1, -0.05) is 11.8 Å². The molecule has 0 aliphatic carbocycles. The van der Waals surface area contributed by atoms with Gasteiger partial charge in [0.2, 0.25) is 0 Å². The predicted molar refractivity (Wildman–Crippen MR) is 71.7 cm³/mol. The Morgan fingerprint density at radius 2 is 2.28 bits per heavy atom. The molecule has 1 aromatic rings. The van der Waals surface area contributed by atoms with E-state index in [0.717, 1.165) is 46.3 Å². The second kappa shape index (κ2) is 4.57. The van der Waals surface area contributed by atoms with E-state index in [1.54, 1.807) is 7.11 Å². The Kier molecular flexibility index (Phi) is 2.91. The summed E-state index contributed by atoms with van der Waals surface area (Å²) in [6.45, 7) is 0.744. The van der Waals surface area contributed by atoms with Crippen molar-refractivity contribution in [3.63, 3.8) is 0 Å². The van der Waals surface area contributed by atoms with Crippen LogP contribution in [0, 0.1) is 0 Å². The number of thioether (sulfide) groups is 1. The van der Waals surface area contributed by atoms with E-state index < -0.39 is 0 Å². The third-order valence-electron chi connectivity index (χ3n) is 3.06. The fourth-order valence-electron chi connectivity index (χ4n) is 2.12. The SMILES string of the molecule is COc1ccc2c(c1)SC1=C(CCCNC1=O)N2.